The molecule has 0 radical (unpaired) electrons. The van der Waals surface area contributed by atoms with E-state index in [4.69, 9.17) is 0 Å². The lowest BCUT2D eigenvalue weighted by Gasteiger charge is -2.36. The number of carbonyl (C=O) groups excluding carboxylic acids is 1. The molecule has 1 unspecified atom stereocenters. The minimum Gasteiger partial charge on any atom is -0.369 e. The summed E-state index contributed by atoms with van der Waals surface area (Å²) in [4.78, 5) is 17.4. The maximum atomic E-state index is 13.4. The molecule has 7 heteroatoms. The highest BCUT2D eigenvalue weighted by molar-refractivity contribution is 7.89. The summed E-state index contributed by atoms with van der Waals surface area (Å²) in [5.74, 6) is 0.334. The van der Waals surface area contributed by atoms with Crippen molar-refractivity contribution in [2.75, 3.05) is 36.0 Å². The monoisotopic (exact) mass is 467 g/mol. The highest BCUT2D eigenvalue weighted by Gasteiger charge is 2.38. The average molecular weight is 468 g/mol. The van der Waals surface area contributed by atoms with Gasteiger partial charge in [0.25, 0.3) is 0 Å². The fraction of sp³-hybridized carbons (Fsp3) is 0.500. The zero-order valence-electron chi connectivity index (χ0n) is 19.8. The topological polar surface area (TPSA) is 60.9 Å². The lowest BCUT2D eigenvalue weighted by atomic mass is 9.84. The number of nitrogens with zero attached hydrogens (tertiary/aromatic N) is 3. The van der Waals surface area contributed by atoms with E-state index in [1.165, 1.54) is 16.8 Å². The van der Waals surface area contributed by atoms with Crippen molar-refractivity contribution in [2.24, 2.45) is 5.92 Å². The minimum absolute atomic E-state index is 0.0761. The summed E-state index contributed by atoms with van der Waals surface area (Å²) >= 11 is 0. The molecule has 176 valence electrons. The summed E-state index contributed by atoms with van der Waals surface area (Å²) in [7, 11) is -3.57. The van der Waals surface area contributed by atoms with E-state index in [0.29, 0.717) is 37.5 Å². The number of hydrogen-bond acceptors (Lipinski definition) is 4. The molecule has 1 saturated heterocycles. The van der Waals surface area contributed by atoms with Crippen molar-refractivity contribution in [3.8, 4) is 0 Å². The molecule has 6 nitrogen and oxygen atoms in total. The normalized spacial score (nSPS) is 21.7. The molecule has 33 heavy (non-hydrogen) atoms. The SMILES string of the molecule is Cc1ccc(C)c(N2CCN(S(=O)(=O)c3ccc4c(c3)CC(C)N4C(=O)C3CCC3)CC2)c1. The third-order valence-electron chi connectivity index (χ3n) is 7.54. The van der Waals surface area contributed by atoms with Crippen LogP contribution in [0.1, 0.15) is 42.9 Å². The van der Waals surface area contributed by atoms with Gasteiger partial charge < -0.3 is 9.80 Å². The van der Waals surface area contributed by atoms with Gasteiger partial charge in [-0.3, -0.25) is 4.79 Å². The van der Waals surface area contributed by atoms with Gasteiger partial charge in [-0.15, -0.1) is 0 Å². The zero-order chi connectivity index (χ0) is 23.3. The van der Waals surface area contributed by atoms with Crippen LogP contribution in [0.15, 0.2) is 41.3 Å². The molecule has 1 amide bonds. The number of hydrogen-bond donors (Lipinski definition) is 0. The van der Waals surface area contributed by atoms with Crippen LogP contribution in [0.25, 0.3) is 0 Å². The van der Waals surface area contributed by atoms with Crippen LogP contribution in [-0.4, -0.2) is 50.9 Å². The van der Waals surface area contributed by atoms with Crippen molar-refractivity contribution in [1.29, 1.82) is 0 Å². The largest absolute Gasteiger partial charge is 0.369 e. The van der Waals surface area contributed by atoms with Crippen molar-refractivity contribution in [3.63, 3.8) is 0 Å². The Morgan fingerprint density at radius 3 is 2.33 bits per heavy atom. The molecule has 1 atom stereocenters. The second-order valence-corrected chi connectivity index (χ2v) is 11.8. The van der Waals surface area contributed by atoms with E-state index in [1.807, 2.05) is 11.0 Å². The molecular formula is C26H33N3O3S. The molecule has 0 spiro atoms. The van der Waals surface area contributed by atoms with E-state index >= 15 is 0 Å². The van der Waals surface area contributed by atoms with Gasteiger partial charge in [0.2, 0.25) is 15.9 Å². The Balaban J connectivity index is 1.32. The van der Waals surface area contributed by atoms with Gasteiger partial charge in [0.05, 0.1) is 4.90 Å². The van der Waals surface area contributed by atoms with Crippen LogP contribution in [0.2, 0.25) is 0 Å². The standard InChI is InChI=1S/C26H33N3O3S/c1-18-7-8-19(2)25(15-18)27-11-13-28(14-12-27)33(31,32)23-9-10-24-22(17-23)16-20(3)29(24)26(30)21-5-4-6-21/h7-10,15,17,20-21H,4-6,11-14,16H2,1-3H3. The predicted octanol–water partition coefficient (Wildman–Crippen LogP) is 3.89. The van der Waals surface area contributed by atoms with Crippen LogP contribution in [0.3, 0.4) is 0 Å². The second kappa shape index (κ2) is 8.44. The van der Waals surface area contributed by atoms with E-state index in [1.54, 1.807) is 16.4 Å². The van der Waals surface area contributed by atoms with Crippen LogP contribution in [0, 0.1) is 19.8 Å². The van der Waals surface area contributed by atoms with Crippen LogP contribution in [0.4, 0.5) is 11.4 Å². The molecule has 5 rings (SSSR count). The molecule has 1 saturated carbocycles. The first-order chi connectivity index (χ1) is 15.8. The smallest absolute Gasteiger partial charge is 0.243 e. The second-order valence-electron chi connectivity index (χ2n) is 9.86. The van der Waals surface area contributed by atoms with Gasteiger partial charge in [-0.2, -0.15) is 4.31 Å². The van der Waals surface area contributed by atoms with E-state index in [2.05, 4.69) is 43.9 Å². The molecular weight excluding hydrogens is 434 g/mol. The highest BCUT2D eigenvalue weighted by atomic mass is 32.2. The molecule has 2 fully saturated rings. The number of aryl methyl sites for hydroxylation is 2. The molecule has 2 aromatic carbocycles. The number of carbonyl (C=O) groups is 1. The Hall–Kier alpha value is -2.38. The molecule has 0 N–H and O–H groups in total. The summed E-state index contributed by atoms with van der Waals surface area (Å²) in [5.41, 5.74) is 5.46. The fourth-order valence-electron chi connectivity index (χ4n) is 5.33. The number of piperazine rings is 1. The van der Waals surface area contributed by atoms with Gasteiger partial charge in [-0.25, -0.2) is 8.42 Å². The van der Waals surface area contributed by atoms with Crippen molar-refractivity contribution >= 4 is 27.3 Å². The average Bonchev–Trinajstić information content (AvgIpc) is 3.09. The number of benzene rings is 2. The highest BCUT2D eigenvalue weighted by Crippen LogP contribution is 2.38. The summed E-state index contributed by atoms with van der Waals surface area (Å²) in [5, 5.41) is 0. The first-order valence-corrected chi connectivity index (χ1v) is 13.5. The molecule has 2 aliphatic heterocycles. The first kappa shape index (κ1) is 22.4. The quantitative estimate of drug-likeness (QED) is 0.685. The fourth-order valence-corrected chi connectivity index (χ4v) is 6.81. The van der Waals surface area contributed by atoms with Crippen LogP contribution in [-0.2, 0) is 21.2 Å². The summed E-state index contributed by atoms with van der Waals surface area (Å²) in [6, 6.07) is 11.8. The van der Waals surface area contributed by atoms with Gasteiger partial charge in [-0.05, 0) is 81.0 Å². The third-order valence-corrected chi connectivity index (χ3v) is 9.43. The summed E-state index contributed by atoms with van der Waals surface area (Å²) in [6.45, 7) is 8.52. The van der Waals surface area contributed by atoms with E-state index < -0.39 is 10.0 Å². The van der Waals surface area contributed by atoms with Crippen LogP contribution < -0.4 is 9.80 Å². The Morgan fingerprint density at radius 1 is 0.939 bits per heavy atom. The molecule has 0 bridgehead atoms. The predicted molar refractivity (Wildman–Crippen MR) is 131 cm³/mol. The van der Waals surface area contributed by atoms with Crippen LogP contribution in [0.5, 0.6) is 0 Å². The first-order valence-electron chi connectivity index (χ1n) is 12.0. The maximum Gasteiger partial charge on any atom is 0.243 e. The Kier molecular flexibility index (Phi) is 5.73. The lowest BCUT2D eigenvalue weighted by Crippen LogP contribution is -2.48. The molecule has 2 heterocycles. The Labute approximate surface area is 197 Å². The zero-order valence-corrected chi connectivity index (χ0v) is 20.6. The lowest BCUT2D eigenvalue weighted by molar-refractivity contribution is -0.125. The number of anilines is 2. The number of sulfonamides is 1. The number of rotatable bonds is 4. The Morgan fingerprint density at radius 2 is 1.67 bits per heavy atom. The van der Waals surface area contributed by atoms with E-state index in [9.17, 15) is 13.2 Å². The van der Waals surface area contributed by atoms with Gasteiger partial charge in [0, 0.05) is 49.5 Å². The van der Waals surface area contributed by atoms with Crippen molar-refractivity contribution in [1.82, 2.24) is 4.31 Å². The third kappa shape index (κ3) is 3.95. The van der Waals surface area contributed by atoms with Crippen LogP contribution >= 0.6 is 0 Å². The molecule has 3 aliphatic rings. The van der Waals surface area contributed by atoms with Crippen molar-refractivity contribution < 1.29 is 13.2 Å². The number of amides is 1. The van der Waals surface area contributed by atoms with Gasteiger partial charge in [-0.1, -0.05) is 18.6 Å². The van der Waals surface area contributed by atoms with E-state index in [0.717, 1.165) is 30.5 Å². The number of fused-ring (bicyclic) bond motifs is 1. The Bertz CT molecular complexity index is 1180. The molecule has 1 aliphatic carbocycles. The van der Waals surface area contributed by atoms with Crippen molar-refractivity contribution in [3.05, 3.63) is 53.1 Å². The minimum atomic E-state index is -3.57. The summed E-state index contributed by atoms with van der Waals surface area (Å²) in [6.07, 6.45) is 3.77. The molecule has 0 aromatic heterocycles. The van der Waals surface area contributed by atoms with Gasteiger partial charge >= 0.3 is 0 Å². The van der Waals surface area contributed by atoms with Crippen molar-refractivity contribution in [2.45, 2.75) is 57.4 Å². The van der Waals surface area contributed by atoms with E-state index in [-0.39, 0.29) is 17.9 Å². The van der Waals surface area contributed by atoms with Gasteiger partial charge in [0.1, 0.15) is 0 Å². The molecule has 2 aromatic rings. The maximum absolute atomic E-state index is 13.4. The van der Waals surface area contributed by atoms with Gasteiger partial charge in [0.15, 0.2) is 0 Å². The summed E-state index contributed by atoms with van der Waals surface area (Å²) < 4.78 is 28.5.